The number of ether oxygens (including phenoxy) is 1. The fraction of sp³-hybridized carbons (Fsp3) is 0.188. The van der Waals surface area contributed by atoms with Crippen LogP contribution in [0.4, 0.5) is 0 Å². The van der Waals surface area contributed by atoms with Crippen LogP contribution in [0.25, 0.3) is 0 Å². The van der Waals surface area contributed by atoms with Crippen molar-refractivity contribution < 1.29 is 14.3 Å². The first-order valence-corrected chi connectivity index (χ1v) is 6.55. The van der Waals surface area contributed by atoms with E-state index >= 15 is 0 Å². The second kappa shape index (κ2) is 6.65. The quantitative estimate of drug-likeness (QED) is 0.875. The number of nitrogens with one attached hydrogen (secondary N) is 1. The van der Waals surface area contributed by atoms with E-state index in [2.05, 4.69) is 10.3 Å². The number of amides is 1. The number of pyridine rings is 1. The van der Waals surface area contributed by atoms with Gasteiger partial charge in [0.1, 0.15) is 6.10 Å². The molecule has 0 saturated heterocycles. The van der Waals surface area contributed by atoms with Gasteiger partial charge in [-0.1, -0.05) is 12.1 Å². The monoisotopic (exact) mass is 284 g/mol. The second-order valence-electron chi connectivity index (χ2n) is 4.49. The first-order valence-electron chi connectivity index (χ1n) is 6.55. The Labute approximate surface area is 123 Å². The van der Waals surface area contributed by atoms with E-state index in [1.54, 1.807) is 43.6 Å². The Hall–Kier alpha value is -2.69. The maximum absolute atomic E-state index is 12.1. The van der Waals surface area contributed by atoms with Crippen molar-refractivity contribution in [3.05, 3.63) is 65.5 Å². The average Bonchev–Trinajstić information content (AvgIpc) is 2.55. The molecule has 1 heterocycles. The minimum atomic E-state index is -0.475. The van der Waals surface area contributed by atoms with Gasteiger partial charge in [0.2, 0.25) is 0 Å². The molecule has 5 nitrogen and oxygen atoms in total. The highest BCUT2D eigenvalue weighted by Gasteiger charge is 2.15. The van der Waals surface area contributed by atoms with E-state index in [0.29, 0.717) is 11.1 Å². The average molecular weight is 284 g/mol. The van der Waals surface area contributed by atoms with Crippen LogP contribution in [0.15, 0.2) is 48.8 Å². The van der Waals surface area contributed by atoms with Crippen molar-refractivity contribution in [2.24, 2.45) is 0 Å². The molecular weight excluding hydrogens is 268 g/mol. The minimum Gasteiger partial charge on any atom is -0.454 e. The van der Waals surface area contributed by atoms with Gasteiger partial charge in [-0.2, -0.15) is 0 Å². The summed E-state index contributed by atoms with van der Waals surface area (Å²) in [7, 11) is 1.54. The van der Waals surface area contributed by atoms with Crippen LogP contribution in [0.2, 0.25) is 0 Å². The second-order valence-corrected chi connectivity index (χ2v) is 4.49. The molecule has 0 aliphatic carbocycles. The number of aromatic nitrogens is 1. The molecule has 5 heteroatoms. The highest BCUT2D eigenvalue weighted by atomic mass is 16.5. The Balaban J connectivity index is 2.12. The molecule has 1 N–H and O–H groups in total. The summed E-state index contributed by atoms with van der Waals surface area (Å²) < 4.78 is 5.38. The van der Waals surface area contributed by atoms with Gasteiger partial charge in [-0.3, -0.25) is 9.78 Å². The molecule has 1 amide bonds. The number of nitrogens with zero attached hydrogens (tertiary/aromatic N) is 1. The van der Waals surface area contributed by atoms with Crippen LogP contribution in [0.3, 0.4) is 0 Å². The zero-order valence-electron chi connectivity index (χ0n) is 11.9. The van der Waals surface area contributed by atoms with Crippen LogP contribution in [0.1, 0.15) is 39.3 Å². The van der Waals surface area contributed by atoms with E-state index in [-0.39, 0.29) is 5.91 Å². The molecule has 0 unspecified atom stereocenters. The van der Waals surface area contributed by atoms with Gasteiger partial charge in [-0.15, -0.1) is 0 Å². The number of hydrogen-bond acceptors (Lipinski definition) is 4. The summed E-state index contributed by atoms with van der Waals surface area (Å²) in [6.45, 7) is 1.78. The minimum absolute atomic E-state index is 0.245. The van der Waals surface area contributed by atoms with E-state index in [0.717, 1.165) is 5.56 Å². The molecule has 0 spiro atoms. The SMILES string of the molecule is CNC(=O)c1cccc(C(=O)O[C@H](C)c2cccnc2)c1. The van der Waals surface area contributed by atoms with Crippen LogP contribution >= 0.6 is 0 Å². The molecule has 108 valence electrons. The van der Waals surface area contributed by atoms with Crippen molar-refractivity contribution in [3.63, 3.8) is 0 Å². The molecule has 1 atom stereocenters. The summed E-state index contributed by atoms with van der Waals surface area (Å²) in [4.78, 5) is 27.7. The van der Waals surface area contributed by atoms with E-state index < -0.39 is 12.1 Å². The summed E-state index contributed by atoms with van der Waals surface area (Å²) in [5.74, 6) is -0.720. The molecule has 0 saturated carbocycles. The third kappa shape index (κ3) is 3.66. The standard InChI is InChI=1S/C16H16N2O3/c1-11(14-7-4-8-18-10-14)21-16(20)13-6-3-5-12(9-13)15(19)17-2/h3-11H,1-2H3,(H,17,19)/t11-/m1/s1. The fourth-order valence-electron chi connectivity index (χ4n) is 1.84. The van der Waals surface area contributed by atoms with E-state index in [1.165, 1.54) is 13.1 Å². The lowest BCUT2D eigenvalue weighted by Crippen LogP contribution is -2.18. The van der Waals surface area contributed by atoms with Gasteiger partial charge >= 0.3 is 5.97 Å². The summed E-state index contributed by atoms with van der Waals surface area (Å²) in [5.41, 5.74) is 1.57. The number of benzene rings is 1. The molecule has 0 aliphatic rings. The molecule has 2 aromatic rings. The summed E-state index contributed by atoms with van der Waals surface area (Å²) in [6.07, 6.45) is 2.90. The van der Waals surface area contributed by atoms with E-state index in [9.17, 15) is 9.59 Å². The molecule has 0 aliphatic heterocycles. The van der Waals surface area contributed by atoms with Crippen molar-refractivity contribution in [1.82, 2.24) is 10.3 Å². The predicted octanol–water partition coefficient (Wildman–Crippen LogP) is 2.36. The highest BCUT2D eigenvalue weighted by Crippen LogP contribution is 2.17. The van der Waals surface area contributed by atoms with Crippen LogP contribution in [0.5, 0.6) is 0 Å². The van der Waals surface area contributed by atoms with Crippen molar-refractivity contribution in [1.29, 1.82) is 0 Å². The first-order chi connectivity index (χ1) is 10.1. The van der Waals surface area contributed by atoms with Crippen molar-refractivity contribution >= 4 is 11.9 Å². The zero-order valence-corrected chi connectivity index (χ0v) is 11.9. The molecule has 2 rings (SSSR count). The Morgan fingerprint density at radius 2 is 1.95 bits per heavy atom. The topological polar surface area (TPSA) is 68.3 Å². The number of carbonyl (C=O) groups excluding carboxylic acids is 2. The van der Waals surface area contributed by atoms with Crippen LogP contribution in [0, 0.1) is 0 Å². The third-order valence-corrected chi connectivity index (χ3v) is 3.03. The Morgan fingerprint density at radius 3 is 2.62 bits per heavy atom. The van der Waals surface area contributed by atoms with Crippen molar-refractivity contribution in [3.8, 4) is 0 Å². The number of carbonyl (C=O) groups is 2. The molecular formula is C16H16N2O3. The van der Waals surface area contributed by atoms with Crippen molar-refractivity contribution in [2.75, 3.05) is 7.05 Å². The highest BCUT2D eigenvalue weighted by molar-refractivity contribution is 5.97. The van der Waals surface area contributed by atoms with Crippen molar-refractivity contribution in [2.45, 2.75) is 13.0 Å². The van der Waals surface area contributed by atoms with Crippen LogP contribution in [-0.4, -0.2) is 23.9 Å². The van der Waals surface area contributed by atoms with Gasteiger partial charge in [-0.05, 0) is 31.2 Å². The maximum Gasteiger partial charge on any atom is 0.338 e. The third-order valence-electron chi connectivity index (χ3n) is 3.03. The lowest BCUT2D eigenvalue weighted by molar-refractivity contribution is 0.0337. The number of rotatable bonds is 4. The van der Waals surface area contributed by atoms with Gasteiger partial charge in [0.25, 0.3) is 5.91 Å². The van der Waals surface area contributed by atoms with Gasteiger partial charge in [0.15, 0.2) is 0 Å². The number of esters is 1. The summed E-state index contributed by atoms with van der Waals surface area (Å²) in [5, 5.41) is 2.51. The van der Waals surface area contributed by atoms with Gasteiger partial charge in [0.05, 0.1) is 5.56 Å². The van der Waals surface area contributed by atoms with E-state index in [1.807, 2.05) is 6.07 Å². The van der Waals surface area contributed by atoms with Crippen LogP contribution < -0.4 is 5.32 Å². The lowest BCUT2D eigenvalue weighted by Gasteiger charge is -2.13. The summed E-state index contributed by atoms with van der Waals surface area (Å²) >= 11 is 0. The molecule has 0 bridgehead atoms. The molecule has 0 fully saturated rings. The van der Waals surface area contributed by atoms with Gasteiger partial charge < -0.3 is 10.1 Å². The number of hydrogen-bond donors (Lipinski definition) is 1. The Kier molecular flexibility index (Phi) is 4.66. The Morgan fingerprint density at radius 1 is 1.19 bits per heavy atom. The van der Waals surface area contributed by atoms with Gasteiger partial charge in [0, 0.05) is 30.6 Å². The van der Waals surface area contributed by atoms with Crippen LogP contribution in [-0.2, 0) is 4.74 Å². The molecule has 1 aromatic heterocycles. The zero-order chi connectivity index (χ0) is 15.2. The smallest absolute Gasteiger partial charge is 0.338 e. The maximum atomic E-state index is 12.1. The van der Waals surface area contributed by atoms with Gasteiger partial charge in [-0.25, -0.2) is 4.79 Å². The first kappa shape index (κ1) is 14.7. The summed E-state index contributed by atoms with van der Waals surface area (Å²) in [6, 6.07) is 10.0. The Bertz CT molecular complexity index is 641. The lowest BCUT2D eigenvalue weighted by atomic mass is 10.1. The molecule has 1 aromatic carbocycles. The normalized spacial score (nSPS) is 11.5. The predicted molar refractivity (Wildman–Crippen MR) is 77.9 cm³/mol. The fourth-order valence-corrected chi connectivity index (χ4v) is 1.84. The molecule has 21 heavy (non-hydrogen) atoms. The van der Waals surface area contributed by atoms with E-state index in [4.69, 9.17) is 4.74 Å². The largest absolute Gasteiger partial charge is 0.454 e. The molecule has 0 radical (unpaired) electrons.